The molecule has 0 spiro atoms. The molecule has 0 amide bonds. The molecule has 0 fully saturated rings. The Hall–Kier alpha value is -0.800. The van der Waals surface area contributed by atoms with Crippen LogP contribution in [0.4, 0.5) is 0 Å². The fraction of sp³-hybridized carbons (Fsp3) is 0.429. The Bertz CT molecular complexity index is 1230. The van der Waals surface area contributed by atoms with Crippen molar-refractivity contribution < 1.29 is 16.8 Å². The first-order valence-corrected chi connectivity index (χ1v) is 17.9. The SMILES string of the molecule is Cc1ccc(S(=O)(=O)N2CCCC/C=C(\I)CN(S(=O)(=O)c3ccc(C)cc3)CCCC/C=C(\I)C2)cc1. The molecule has 1 heterocycles. The van der Waals surface area contributed by atoms with Gasteiger partial charge in [-0.1, -0.05) is 47.5 Å². The van der Waals surface area contributed by atoms with Crippen molar-refractivity contribution in [3.8, 4) is 0 Å². The van der Waals surface area contributed by atoms with Crippen LogP contribution in [0.15, 0.2) is 77.6 Å². The third-order valence-electron chi connectivity index (χ3n) is 6.43. The molecular formula is C28H36I2N2O4S2. The van der Waals surface area contributed by atoms with Gasteiger partial charge in [0.15, 0.2) is 0 Å². The van der Waals surface area contributed by atoms with E-state index in [4.69, 9.17) is 0 Å². The Labute approximate surface area is 256 Å². The van der Waals surface area contributed by atoms with Gasteiger partial charge in [0.1, 0.15) is 0 Å². The maximum Gasteiger partial charge on any atom is 0.243 e. The molecule has 0 N–H and O–H groups in total. The summed E-state index contributed by atoms with van der Waals surface area (Å²) in [6.45, 7) is 5.46. The predicted molar refractivity (Wildman–Crippen MR) is 172 cm³/mol. The van der Waals surface area contributed by atoms with E-state index in [0.717, 1.165) is 56.8 Å². The summed E-state index contributed by atoms with van der Waals surface area (Å²) < 4.78 is 58.8. The van der Waals surface area contributed by atoms with Crippen LogP contribution in [-0.2, 0) is 20.0 Å². The number of benzene rings is 2. The van der Waals surface area contributed by atoms with Crippen molar-refractivity contribution in [2.45, 2.75) is 62.2 Å². The highest BCUT2D eigenvalue weighted by Gasteiger charge is 2.26. The lowest BCUT2D eigenvalue weighted by Gasteiger charge is -2.23. The molecule has 6 nitrogen and oxygen atoms in total. The molecule has 208 valence electrons. The number of halogens is 2. The second-order valence-corrected chi connectivity index (χ2v) is 16.2. The molecule has 2 aromatic carbocycles. The summed E-state index contributed by atoms with van der Waals surface area (Å²) in [5, 5.41) is 0. The smallest absolute Gasteiger partial charge is 0.207 e. The molecule has 2 aromatic rings. The molecular weight excluding hydrogens is 746 g/mol. The molecule has 1 aliphatic rings. The summed E-state index contributed by atoms with van der Waals surface area (Å²) in [5.74, 6) is 0. The molecule has 0 radical (unpaired) electrons. The number of aryl methyl sites for hydroxylation is 2. The lowest BCUT2D eigenvalue weighted by Crippen LogP contribution is -2.33. The summed E-state index contributed by atoms with van der Waals surface area (Å²) in [5.41, 5.74) is 2.05. The molecule has 3 rings (SSSR count). The van der Waals surface area contributed by atoms with Gasteiger partial charge in [0.2, 0.25) is 20.0 Å². The monoisotopic (exact) mass is 782 g/mol. The average molecular weight is 783 g/mol. The Morgan fingerprint density at radius 2 is 0.921 bits per heavy atom. The van der Waals surface area contributed by atoms with Gasteiger partial charge in [-0.05, 0) is 122 Å². The van der Waals surface area contributed by atoms with Crippen LogP contribution in [0.3, 0.4) is 0 Å². The van der Waals surface area contributed by atoms with Crippen molar-refractivity contribution in [1.82, 2.24) is 8.61 Å². The minimum Gasteiger partial charge on any atom is -0.207 e. The van der Waals surface area contributed by atoms with Gasteiger partial charge in [0, 0.05) is 33.3 Å². The van der Waals surface area contributed by atoms with Crippen LogP contribution in [0.1, 0.15) is 49.7 Å². The highest BCUT2D eigenvalue weighted by atomic mass is 127. The molecule has 38 heavy (non-hydrogen) atoms. The fourth-order valence-electron chi connectivity index (χ4n) is 4.14. The van der Waals surface area contributed by atoms with Gasteiger partial charge >= 0.3 is 0 Å². The second kappa shape index (κ2) is 14.7. The fourth-order valence-corrected chi connectivity index (χ4v) is 8.96. The maximum atomic E-state index is 13.4. The van der Waals surface area contributed by atoms with Gasteiger partial charge in [-0.3, -0.25) is 0 Å². The topological polar surface area (TPSA) is 74.8 Å². The third kappa shape index (κ3) is 9.12. The normalized spacial score (nSPS) is 21.3. The summed E-state index contributed by atoms with van der Waals surface area (Å²) >= 11 is 4.46. The summed E-state index contributed by atoms with van der Waals surface area (Å²) in [6.07, 6.45) is 8.76. The van der Waals surface area contributed by atoms with Gasteiger partial charge in [-0.2, -0.15) is 8.61 Å². The highest BCUT2D eigenvalue weighted by molar-refractivity contribution is 14.1. The first-order valence-electron chi connectivity index (χ1n) is 12.8. The van der Waals surface area contributed by atoms with Gasteiger partial charge in [0.05, 0.1) is 9.79 Å². The number of nitrogens with zero attached hydrogens (tertiary/aromatic N) is 2. The van der Waals surface area contributed by atoms with E-state index in [-0.39, 0.29) is 0 Å². The highest BCUT2D eigenvalue weighted by Crippen LogP contribution is 2.24. The number of hydrogen-bond donors (Lipinski definition) is 0. The summed E-state index contributed by atoms with van der Waals surface area (Å²) in [7, 11) is -7.19. The zero-order valence-corrected chi connectivity index (χ0v) is 27.9. The number of hydrogen-bond acceptors (Lipinski definition) is 4. The van der Waals surface area contributed by atoms with Crippen LogP contribution in [-0.4, -0.2) is 51.6 Å². The van der Waals surface area contributed by atoms with Crippen LogP contribution in [0, 0.1) is 13.8 Å². The largest absolute Gasteiger partial charge is 0.243 e. The van der Waals surface area contributed by atoms with Crippen LogP contribution < -0.4 is 0 Å². The van der Waals surface area contributed by atoms with E-state index in [1.54, 1.807) is 32.9 Å². The van der Waals surface area contributed by atoms with Gasteiger partial charge in [-0.25, -0.2) is 16.8 Å². The molecule has 0 aliphatic carbocycles. The number of allylic oxidation sites excluding steroid dienone is 2. The molecule has 0 unspecified atom stereocenters. The second-order valence-electron chi connectivity index (χ2n) is 9.60. The Morgan fingerprint density at radius 1 is 0.579 bits per heavy atom. The van der Waals surface area contributed by atoms with E-state index in [1.807, 2.05) is 38.1 Å². The lowest BCUT2D eigenvalue weighted by atomic mass is 10.2. The first-order chi connectivity index (χ1) is 18.0. The Morgan fingerprint density at radius 3 is 1.26 bits per heavy atom. The molecule has 0 atom stereocenters. The standard InChI is InChI=1S/C28H36I2N2O4S2/c1-23-11-15-27(16-12-23)37(33,34)31-19-7-3-5-10-26(30)22-32(20-8-4-6-9-25(29)21-31)38(35,36)28-17-13-24(2)14-18-28/h9-18H,3-8,19-22H2,1-2H3/b25-9-,26-10-. The van der Waals surface area contributed by atoms with Crippen molar-refractivity contribution in [2.24, 2.45) is 0 Å². The average Bonchev–Trinajstić information content (AvgIpc) is 2.86. The minimum absolute atomic E-state index is 0.325. The van der Waals surface area contributed by atoms with Gasteiger partial charge < -0.3 is 0 Å². The molecule has 10 heteroatoms. The molecule has 0 bridgehead atoms. The van der Waals surface area contributed by atoms with Crippen molar-refractivity contribution in [2.75, 3.05) is 26.2 Å². The van der Waals surface area contributed by atoms with E-state index in [9.17, 15) is 16.8 Å². The molecule has 0 saturated heterocycles. The van der Waals surface area contributed by atoms with E-state index in [2.05, 4.69) is 57.3 Å². The molecule has 0 aromatic heterocycles. The minimum atomic E-state index is -3.60. The molecule has 1 aliphatic heterocycles. The van der Waals surface area contributed by atoms with Crippen LogP contribution in [0.2, 0.25) is 0 Å². The van der Waals surface area contributed by atoms with Crippen LogP contribution in [0.5, 0.6) is 0 Å². The number of rotatable bonds is 4. The van der Waals surface area contributed by atoms with E-state index >= 15 is 0 Å². The molecule has 0 saturated carbocycles. The Kier molecular flexibility index (Phi) is 12.3. The third-order valence-corrected chi connectivity index (χ3v) is 11.7. The van der Waals surface area contributed by atoms with Crippen molar-refractivity contribution in [3.05, 3.63) is 79.0 Å². The summed E-state index contributed by atoms with van der Waals surface area (Å²) in [6, 6.07) is 14.1. The van der Waals surface area contributed by atoms with Crippen LogP contribution in [0.25, 0.3) is 0 Å². The lowest BCUT2D eigenvalue weighted by molar-refractivity contribution is 0.424. The number of sulfonamides is 2. The summed E-state index contributed by atoms with van der Waals surface area (Å²) in [4.78, 5) is 0.650. The van der Waals surface area contributed by atoms with Crippen molar-refractivity contribution >= 4 is 65.2 Å². The van der Waals surface area contributed by atoms with Gasteiger partial charge in [-0.15, -0.1) is 0 Å². The van der Waals surface area contributed by atoms with Crippen LogP contribution >= 0.6 is 45.2 Å². The van der Waals surface area contributed by atoms with E-state index in [0.29, 0.717) is 36.0 Å². The van der Waals surface area contributed by atoms with Gasteiger partial charge in [0.25, 0.3) is 0 Å². The first kappa shape index (κ1) is 31.7. The van der Waals surface area contributed by atoms with E-state index < -0.39 is 20.0 Å². The Balaban J connectivity index is 1.77. The van der Waals surface area contributed by atoms with E-state index in [1.165, 1.54) is 0 Å². The predicted octanol–water partition coefficient (Wildman–Crippen LogP) is 6.98. The zero-order chi connectivity index (χ0) is 27.8. The maximum absolute atomic E-state index is 13.4. The quantitative estimate of drug-likeness (QED) is 0.314. The van der Waals surface area contributed by atoms with Crippen molar-refractivity contribution in [1.29, 1.82) is 0 Å². The zero-order valence-electron chi connectivity index (χ0n) is 21.9. The van der Waals surface area contributed by atoms with Crippen molar-refractivity contribution in [3.63, 3.8) is 0 Å².